The molecular weight excluding hydrogens is 244 g/mol. The number of rotatable bonds is 9. The van der Waals surface area contributed by atoms with Crippen LogP contribution in [0.5, 0.6) is 0 Å². The minimum Gasteiger partial charge on any atom is -0.462 e. The third-order valence-electron chi connectivity index (χ3n) is 2.81. The highest BCUT2D eigenvalue weighted by molar-refractivity contribution is 5.89. The molecule has 0 amide bonds. The van der Waals surface area contributed by atoms with E-state index in [1.165, 1.54) is 0 Å². The Labute approximate surface area is 114 Å². The molecule has 1 atom stereocenters. The molecule has 1 unspecified atom stereocenters. The molecule has 0 aliphatic heterocycles. The normalized spacial score (nSPS) is 12.1. The fraction of sp³-hybridized carbons (Fsp3) is 0.533. The van der Waals surface area contributed by atoms with Crippen molar-refractivity contribution in [3.8, 4) is 0 Å². The Morgan fingerprint density at radius 2 is 1.84 bits per heavy atom. The summed E-state index contributed by atoms with van der Waals surface area (Å²) in [5.41, 5.74) is 0.596. The van der Waals surface area contributed by atoms with Gasteiger partial charge in [0.05, 0.1) is 12.2 Å². The minimum absolute atomic E-state index is 0.261. The van der Waals surface area contributed by atoms with Crippen molar-refractivity contribution in [2.24, 2.45) is 5.92 Å². The number of methoxy groups -OCH3 is 1. The number of hydrogen-bond acceptors (Lipinski definition) is 4. The molecule has 0 saturated heterocycles. The molecule has 0 N–H and O–H groups in total. The summed E-state index contributed by atoms with van der Waals surface area (Å²) in [7, 11) is 1.60. The zero-order valence-corrected chi connectivity index (χ0v) is 11.6. The zero-order valence-electron chi connectivity index (χ0n) is 11.6. The Morgan fingerprint density at radius 1 is 1.16 bits per heavy atom. The molecule has 1 aromatic carbocycles. The van der Waals surface area contributed by atoms with Crippen molar-refractivity contribution in [2.75, 3.05) is 27.1 Å². The van der Waals surface area contributed by atoms with Gasteiger partial charge in [0.2, 0.25) is 0 Å². The first kappa shape index (κ1) is 15.7. The van der Waals surface area contributed by atoms with Crippen LogP contribution < -0.4 is 0 Å². The van der Waals surface area contributed by atoms with Gasteiger partial charge < -0.3 is 14.2 Å². The molecule has 0 heterocycles. The Bertz CT molecular complexity index is 350. The van der Waals surface area contributed by atoms with Crippen molar-refractivity contribution in [2.45, 2.75) is 19.8 Å². The largest absolute Gasteiger partial charge is 0.462 e. The van der Waals surface area contributed by atoms with Gasteiger partial charge in [-0.2, -0.15) is 0 Å². The number of esters is 1. The molecule has 0 fully saturated rings. The van der Waals surface area contributed by atoms with Crippen LogP contribution in [0.3, 0.4) is 0 Å². The Balaban J connectivity index is 2.11. The van der Waals surface area contributed by atoms with Crippen molar-refractivity contribution >= 4 is 5.97 Å². The standard InChI is InChI=1S/C15H22O4/c1-13(8-10-18-12-17-2)9-11-19-15(16)14-6-4-3-5-7-14/h3-7,13H,8-12H2,1-2H3. The number of ether oxygens (including phenoxy) is 3. The second-order valence-corrected chi connectivity index (χ2v) is 4.50. The quantitative estimate of drug-likeness (QED) is 0.391. The lowest BCUT2D eigenvalue weighted by atomic mass is 10.1. The Kier molecular flexibility index (Phi) is 7.86. The van der Waals surface area contributed by atoms with Crippen LogP contribution in [-0.2, 0) is 14.2 Å². The molecule has 1 rings (SSSR count). The highest BCUT2D eigenvalue weighted by atomic mass is 16.7. The van der Waals surface area contributed by atoms with E-state index in [0.717, 1.165) is 12.8 Å². The number of carbonyl (C=O) groups excluding carboxylic acids is 1. The molecule has 4 heteroatoms. The van der Waals surface area contributed by atoms with Crippen molar-refractivity contribution in [1.29, 1.82) is 0 Å². The average molecular weight is 266 g/mol. The molecule has 19 heavy (non-hydrogen) atoms. The predicted molar refractivity (Wildman–Crippen MR) is 73.0 cm³/mol. The van der Waals surface area contributed by atoms with Gasteiger partial charge in [0, 0.05) is 13.7 Å². The summed E-state index contributed by atoms with van der Waals surface area (Å²) in [6.07, 6.45) is 1.78. The van der Waals surface area contributed by atoms with Gasteiger partial charge in [0.15, 0.2) is 0 Å². The van der Waals surface area contributed by atoms with E-state index in [-0.39, 0.29) is 5.97 Å². The summed E-state index contributed by atoms with van der Waals surface area (Å²) >= 11 is 0. The van der Waals surface area contributed by atoms with Gasteiger partial charge in [-0.1, -0.05) is 25.1 Å². The van der Waals surface area contributed by atoms with E-state index in [1.54, 1.807) is 19.2 Å². The lowest BCUT2D eigenvalue weighted by Gasteiger charge is -2.11. The molecule has 0 aromatic heterocycles. The lowest BCUT2D eigenvalue weighted by molar-refractivity contribution is -0.0346. The van der Waals surface area contributed by atoms with Crippen LogP contribution >= 0.6 is 0 Å². The van der Waals surface area contributed by atoms with Crippen LogP contribution in [0, 0.1) is 5.92 Å². The monoisotopic (exact) mass is 266 g/mol. The number of benzene rings is 1. The number of hydrogen-bond donors (Lipinski definition) is 0. The maximum absolute atomic E-state index is 11.7. The molecule has 0 aliphatic carbocycles. The highest BCUT2D eigenvalue weighted by Gasteiger charge is 2.07. The van der Waals surface area contributed by atoms with Crippen molar-refractivity contribution in [1.82, 2.24) is 0 Å². The van der Waals surface area contributed by atoms with Crippen LogP contribution in [0.25, 0.3) is 0 Å². The molecule has 0 bridgehead atoms. The first-order chi connectivity index (χ1) is 9.24. The summed E-state index contributed by atoms with van der Waals surface area (Å²) < 4.78 is 15.2. The fourth-order valence-corrected chi connectivity index (χ4v) is 1.58. The van der Waals surface area contributed by atoms with E-state index in [2.05, 4.69) is 6.92 Å². The third-order valence-corrected chi connectivity index (χ3v) is 2.81. The fourth-order valence-electron chi connectivity index (χ4n) is 1.58. The van der Waals surface area contributed by atoms with Crippen LogP contribution in [0.15, 0.2) is 30.3 Å². The molecule has 0 spiro atoms. The van der Waals surface area contributed by atoms with Gasteiger partial charge in [-0.25, -0.2) is 4.79 Å². The highest BCUT2D eigenvalue weighted by Crippen LogP contribution is 2.09. The second-order valence-electron chi connectivity index (χ2n) is 4.50. The minimum atomic E-state index is -0.261. The zero-order chi connectivity index (χ0) is 13.9. The summed E-state index contributed by atoms with van der Waals surface area (Å²) in [5.74, 6) is 0.198. The van der Waals surface area contributed by atoms with E-state index in [9.17, 15) is 4.79 Å². The third kappa shape index (κ3) is 6.94. The van der Waals surface area contributed by atoms with E-state index in [4.69, 9.17) is 14.2 Å². The smallest absolute Gasteiger partial charge is 0.338 e. The maximum atomic E-state index is 11.7. The van der Waals surface area contributed by atoms with Crippen molar-refractivity contribution < 1.29 is 19.0 Å². The Hall–Kier alpha value is -1.39. The van der Waals surface area contributed by atoms with Gasteiger partial charge in [0.1, 0.15) is 6.79 Å². The second kappa shape index (κ2) is 9.53. The van der Waals surface area contributed by atoms with Crippen molar-refractivity contribution in [3.05, 3.63) is 35.9 Å². The molecule has 106 valence electrons. The van der Waals surface area contributed by atoms with Crippen LogP contribution in [-0.4, -0.2) is 33.1 Å². The average Bonchev–Trinajstić information content (AvgIpc) is 2.44. The molecule has 0 radical (unpaired) electrons. The summed E-state index contributed by atoms with van der Waals surface area (Å²) in [6, 6.07) is 9.03. The summed E-state index contributed by atoms with van der Waals surface area (Å²) in [5, 5.41) is 0. The SMILES string of the molecule is COCOCCC(C)CCOC(=O)c1ccccc1. The van der Waals surface area contributed by atoms with Gasteiger partial charge in [-0.15, -0.1) is 0 Å². The molecular formula is C15H22O4. The van der Waals surface area contributed by atoms with Gasteiger partial charge >= 0.3 is 5.97 Å². The molecule has 0 saturated carbocycles. The van der Waals surface area contributed by atoms with Gasteiger partial charge in [-0.3, -0.25) is 0 Å². The van der Waals surface area contributed by atoms with Crippen molar-refractivity contribution in [3.63, 3.8) is 0 Å². The van der Waals surface area contributed by atoms with Crippen LogP contribution in [0.4, 0.5) is 0 Å². The Morgan fingerprint density at radius 3 is 2.53 bits per heavy atom. The van der Waals surface area contributed by atoms with Crippen LogP contribution in [0.2, 0.25) is 0 Å². The summed E-state index contributed by atoms with van der Waals surface area (Å²) in [4.78, 5) is 11.7. The lowest BCUT2D eigenvalue weighted by Crippen LogP contribution is -2.10. The van der Waals surface area contributed by atoms with Crippen LogP contribution in [0.1, 0.15) is 30.1 Å². The first-order valence-corrected chi connectivity index (χ1v) is 6.53. The van der Waals surface area contributed by atoms with E-state index >= 15 is 0 Å². The predicted octanol–water partition coefficient (Wildman–Crippen LogP) is 2.88. The van der Waals surface area contributed by atoms with Gasteiger partial charge in [0.25, 0.3) is 0 Å². The summed E-state index contributed by atoms with van der Waals surface area (Å²) in [6.45, 7) is 3.56. The molecule has 1 aromatic rings. The van der Waals surface area contributed by atoms with Gasteiger partial charge in [-0.05, 0) is 30.9 Å². The topological polar surface area (TPSA) is 44.8 Å². The van der Waals surface area contributed by atoms with E-state index < -0.39 is 0 Å². The van der Waals surface area contributed by atoms with E-state index in [1.807, 2.05) is 18.2 Å². The maximum Gasteiger partial charge on any atom is 0.338 e. The molecule has 4 nitrogen and oxygen atoms in total. The molecule has 0 aliphatic rings. The van der Waals surface area contributed by atoms with E-state index in [0.29, 0.717) is 31.5 Å². The first-order valence-electron chi connectivity index (χ1n) is 6.53. The number of carbonyl (C=O) groups is 1.